The predicted octanol–water partition coefficient (Wildman–Crippen LogP) is -0.548. The van der Waals surface area contributed by atoms with Crippen molar-refractivity contribution >= 4 is 0 Å². The number of aliphatic hydroxyl groups excluding tert-OH is 1. The standard InChI is InChI=1S/C7H16NO2/c1-8(2,3)4-7-6(9)5-10-7/h6-7,9H,4-5H2,1-3H3/q+1. The molecular weight excluding hydrogens is 130 g/mol. The van der Waals surface area contributed by atoms with E-state index in [1.165, 1.54) is 0 Å². The van der Waals surface area contributed by atoms with E-state index in [-0.39, 0.29) is 12.2 Å². The summed E-state index contributed by atoms with van der Waals surface area (Å²) in [5.74, 6) is 0. The normalized spacial score (nSPS) is 33.6. The molecule has 1 N–H and O–H groups in total. The first-order valence-electron chi connectivity index (χ1n) is 3.59. The number of likely N-dealkylation sites (N-methyl/N-ethyl adjacent to an activating group) is 1. The summed E-state index contributed by atoms with van der Waals surface area (Å²) in [6.07, 6.45) is -0.155. The van der Waals surface area contributed by atoms with E-state index in [4.69, 9.17) is 9.84 Å². The molecule has 0 saturated carbocycles. The monoisotopic (exact) mass is 146 g/mol. The lowest BCUT2D eigenvalue weighted by atomic mass is 10.1. The second-order valence-electron chi connectivity index (χ2n) is 3.91. The molecule has 1 aliphatic heterocycles. The van der Waals surface area contributed by atoms with Crippen molar-refractivity contribution in [1.29, 1.82) is 0 Å². The molecule has 1 fully saturated rings. The van der Waals surface area contributed by atoms with Crippen LogP contribution >= 0.6 is 0 Å². The molecule has 0 aromatic heterocycles. The Labute approximate surface area is 61.8 Å². The number of hydrogen-bond donors (Lipinski definition) is 1. The fourth-order valence-electron chi connectivity index (χ4n) is 1.03. The maximum atomic E-state index is 9.14. The zero-order valence-corrected chi connectivity index (χ0v) is 6.87. The van der Waals surface area contributed by atoms with Gasteiger partial charge in [-0.05, 0) is 0 Å². The highest BCUT2D eigenvalue weighted by atomic mass is 16.5. The molecule has 2 unspecified atom stereocenters. The van der Waals surface area contributed by atoms with E-state index in [0.717, 1.165) is 11.0 Å². The Kier molecular flexibility index (Phi) is 1.99. The van der Waals surface area contributed by atoms with Crippen molar-refractivity contribution in [3.63, 3.8) is 0 Å². The fourth-order valence-corrected chi connectivity index (χ4v) is 1.03. The molecule has 3 nitrogen and oxygen atoms in total. The molecule has 0 amide bonds. The van der Waals surface area contributed by atoms with Crippen LogP contribution < -0.4 is 0 Å². The van der Waals surface area contributed by atoms with Gasteiger partial charge in [-0.15, -0.1) is 0 Å². The number of ether oxygens (including phenoxy) is 1. The summed E-state index contributed by atoms with van der Waals surface area (Å²) in [6, 6.07) is 0. The molecule has 0 aromatic carbocycles. The SMILES string of the molecule is C[N+](C)(C)CC1OCC1O. The number of aliphatic hydroxyl groups is 1. The maximum absolute atomic E-state index is 9.14. The van der Waals surface area contributed by atoms with Gasteiger partial charge in [0.05, 0.1) is 27.7 Å². The van der Waals surface area contributed by atoms with Crippen LogP contribution in [0.3, 0.4) is 0 Å². The number of hydrogen-bond acceptors (Lipinski definition) is 2. The van der Waals surface area contributed by atoms with E-state index in [2.05, 4.69) is 21.1 Å². The Morgan fingerprint density at radius 3 is 2.20 bits per heavy atom. The highest BCUT2D eigenvalue weighted by Crippen LogP contribution is 2.14. The summed E-state index contributed by atoms with van der Waals surface area (Å²) < 4.78 is 6.00. The van der Waals surface area contributed by atoms with E-state index in [9.17, 15) is 0 Å². The molecule has 0 aromatic rings. The average Bonchev–Trinajstić information content (AvgIpc) is 1.78. The Morgan fingerprint density at radius 1 is 1.50 bits per heavy atom. The van der Waals surface area contributed by atoms with Gasteiger partial charge in [-0.25, -0.2) is 0 Å². The summed E-state index contributed by atoms with van der Waals surface area (Å²) in [5, 5.41) is 9.14. The van der Waals surface area contributed by atoms with Gasteiger partial charge in [0.15, 0.2) is 0 Å². The molecule has 2 atom stereocenters. The van der Waals surface area contributed by atoms with Crippen molar-refractivity contribution in [2.75, 3.05) is 34.3 Å². The third-order valence-corrected chi connectivity index (χ3v) is 1.64. The third kappa shape index (κ3) is 1.94. The van der Waals surface area contributed by atoms with Crippen LogP contribution in [0.15, 0.2) is 0 Å². The highest BCUT2D eigenvalue weighted by Gasteiger charge is 2.34. The minimum atomic E-state index is -0.225. The Bertz CT molecular complexity index is 119. The Balaban J connectivity index is 2.26. The molecule has 0 aliphatic carbocycles. The van der Waals surface area contributed by atoms with E-state index in [1.807, 2.05) is 0 Å². The minimum Gasteiger partial charge on any atom is -0.388 e. The van der Waals surface area contributed by atoms with Gasteiger partial charge in [0.25, 0.3) is 0 Å². The number of nitrogens with zero attached hydrogens (tertiary/aromatic N) is 1. The molecule has 60 valence electrons. The van der Waals surface area contributed by atoms with Gasteiger partial charge in [-0.1, -0.05) is 0 Å². The predicted molar refractivity (Wildman–Crippen MR) is 38.6 cm³/mol. The quantitative estimate of drug-likeness (QED) is 0.530. The first-order chi connectivity index (χ1) is 4.49. The first-order valence-corrected chi connectivity index (χ1v) is 3.59. The summed E-state index contributed by atoms with van der Waals surface area (Å²) in [7, 11) is 6.28. The van der Waals surface area contributed by atoms with Crippen LogP contribution in [0.1, 0.15) is 0 Å². The summed E-state index contributed by atoms with van der Waals surface area (Å²) in [6.45, 7) is 1.41. The van der Waals surface area contributed by atoms with Crippen LogP contribution in [0.25, 0.3) is 0 Å². The van der Waals surface area contributed by atoms with Gasteiger partial charge < -0.3 is 14.3 Å². The first kappa shape index (κ1) is 7.98. The van der Waals surface area contributed by atoms with Crippen LogP contribution in [-0.2, 0) is 4.74 Å². The van der Waals surface area contributed by atoms with Crippen molar-refractivity contribution in [2.45, 2.75) is 12.2 Å². The van der Waals surface area contributed by atoms with Gasteiger partial charge >= 0.3 is 0 Å². The molecule has 1 rings (SSSR count). The smallest absolute Gasteiger partial charge is 0.134 e. The molecular formula is C7H16NO2+. The van der Waals surface area contributed by atoms with E-state index >= 15 is 0 Å². The van der Waals surface area contributed by atoms with Gasteiger partial charge in [-0.2, -0.15) is 0 Å². The largest absolute Gasteiger partial charge is 0.388 e. The topological polar surface area (TPSA) is 29.5 Å². The lowest BCUT2D eigenvalue weighted by molar-refractivity contribution is -0.875. The van der Waals surface area contributed by atoms with Gasteiger partial charge in [0, 0.05) is 0 Å². The lowest BCUT2D eigenvalue weighted by Crippen LogP contribution is -2.54. The van der Waals surface area contributed by atoms with Crippen LogP contribution in [0.5, 0.6) is 0 Å². The molecule has 0 bridgehead atoms. The van der Waals surface area contributed by atoms with Crippen LogP contribution in [0.2, 0.25) is 0 Å². The zero-order valence-electron chi connectivity index (χ0n) is 6.87. The molecule has 1 aliphatic rings. The fraction of sp³-hybridized carbons (Fsp3) is 1.00. The Hall–Kier alpha value is -0.120. The lowest BCUT2D eigenvalue weighted by Gasteiger charge is -2.37. The zero-order chi connectivity index (χ0) is 7.78. The van der Waals surface area contributed by atoms with Crippen molar-refractivity contribution in [1.82, 2.24) is 0 Å². The Morgan fingerprint density at radius 2 is 2.10 bits per heavy atom. The second kappa shape index (κ2) is 2.49. The number of quaternary nitrogens is 1. The molecule has 1 heterocycles. The summed E-state index contributed by atoms with van der Waals surface area (Å²) in [5.41, 5.74) is 0. The summed E-state index contributed by atoms with van der Waals surface area (Å²) in [4.78, 5) is 0. The molecule has 0 spiro atoms. The van der Waals surface area contributed by atoms with Crippen molar-refractivity contribution < 1.29 is 14.3 Å². The average molecular weight is 146 g/mol. The van der Waals surface area contributed by atoms with Gasteiger partial charge in [0.1, 0.15) is 18.8 Å². The van der Waals surface area contributed by atoms with Crippen molar-refractivity contribution in [3.8, 4) is 0 Å². The third-order valence-electron chi connectivity index (χ3n) is 1.64. The van der Waals surface area contributed by atoms with Crippen LogP contribution in [0.4, 0.5) is 0 Å². The molecule has 0 radical (unpaired) electrons. The minimum absolute atomic E-state index is 0.0694. The molecule has 3 heteroatoms. The van der Waals surface area contributed by atoms with Crippen LogP contribution in [-0.4, -0.2) is 56.1 Å². The van der Waals surface area contributed by atoms with E-state index in [1.54, 1.807) is 0 Å². The molecule has 1 saturated heterocycles. The second-order valence-corrected chi connectivity index (χ2v) is 3.91. The number of rotatable bonds is 2. The van der Waals surface area contributed by atoms with E-state index in [0.29, 0.717) is 6.61 Å². The van der Waals surface area contributed by atoms with Gasteiger partial charge in [-0.3, -0.25) is 0 Å². The van der Waals surface area contributed by atoms with Crippen LogP contribution in [0, 0.1) is 0 Å². The van der Waals surface area contributed by atoms with Gasteiger partial charge in [0.2, 0.25) is 0 Å². The highest BCUT2D eigenvalue weighted by molar-refractivity contribution is 4.76. The molecule has 10 heavy (non-hydrogen) atoms. The van der Waals surface area contributed by atoms with E-state index < -0.39 is 0 Å². The summed E-state index contributed by atoms with van der Waals surface area (Å²) >= 11 is 0. The van der Waals surface area contributed by atoms with Crippen molar-refractivity contribution in [2.24, 2.45) is 0 Å². The van der Waals surface area contributed by atoms with Crippen molar-refractivity contribution in [3.05, 3.63) is 0 Å². The maximum Gasteiger partial charge on any atom is 0.134 e.